The van der Waals surface area contributed by atoms with Crippen LogP contribution in [0.1, 0.15) is 0 Å². The fourth-order valence-corrected chi connectivity index (χ4v) is 0.453. The van der Waals surface area contributed by atoms with Gasteiger partial charge in [0.05, 0.1) is 0 Å². The molecule has 1 fully saturated rings. The van der Waals surface area contributed by atoms with Crippen LogP contribution in [0.3, 0.4) is 0 Å². The van der Waals surface area contributed by atoms with Gasteiger partial charge in [0.25, 0.3) is 0 Å². The van der Waals surface area contributed by atoms with E-state index in [4.69, 9.17) is 5.73 Å². The Bertz CT molecular complexity index is 76.9. The number of rotatable bonds is 0. The van der Waals surface area contributed by atoms with E-state index in [-0.39, 0.29) is 0 Å². The van der Waals surface area contributed by atoms with Gasteiger partial charge in [0.1, 0.15) is 0 Å². The maximum Gasteiger partial charge on any atom is 0.166 e. The molecule has 0 radical (unpaired) electrons. The summed E-state index contributed by atoms with van der Waals surface area (Å²) in [5.41, 5.74) is 5.16. The Morgan fingerprint density at radius 1 is 1.67 bits per heavy atom. The lowest BCUT2D eigenvalue weighted by molar-refractivity contribution is 0.853. The van der Waals surface area contributed by atoms with E-state index in [1.54, 1.807) is 0 Å². The standard InChI is InChI=1S/C3H6N2S/c4-3(6)5-1-2-5/h1-2H2,(H2,4,6). The van der Waals surface area contributed by atoms with Crippen molar-refractivity contribution in [3.63, 3.8) is 0 Å². The highest BCUT2D eigenvalue weighted by atomic mass is 32.1. The van der Waals surface area contributed by atoms with Gasteiger partial charge in [-0.1, -0.05) is 0 Å². The molecule has 0 unspecified atom stereocenters. The third kappa shape index (κ3) is 0.597. The van der Waals surface area contributed by atoms with Crippen LogP contribution in [0, 0.1) is 0 Å². The molecule has 0 amide bonds. The van der Waals surface area contributed by atoms with E-state index < -0.39 is 0 Å². The van der Waals surface area contributed by atoms with Crippen molar-refractivity contribution in [2.45, 2.75) is 0 Å². The van der Waals surface area contributed by atoms with E-state index in [2.05, 4.69) is 12.2 Å². The Morgan fingerprint density at radius 2 is 2.17 bits per heavy atom. The Kier molecular flexibility index (Phi) is 0.696. The van der Waals surface area contributed by atoms with E-state index in [1.165, 1.54) is 0 Å². The Hall–Kier alpha value is -0.310. The van der Waals surface area contributed by atoms with Gasteiger partial charge in [-0.05, 0) is 12.2 Å². The minimum atomic E-state index is 0.537. The SMILES string of the molecule is NC(=S)N1CC1. The summed E-state index contributed by atoms with van der Waals surface area (Å²) in [6, 6.07) is 0. The number of nitrogens with two attached hydrogens (primary N) is 1. The van der Waals surface area contributed by atoms with Gasteiger partial charge in [0, 0.05) is 13.1 Å². The Morgan fingerprint density at radius 3 is 2.17 bits per heavy atom. The summed E-state index contributed by atoms with van der Waals surface area (Å²) in [7, 11) is 0. The molecule has 2 N–H and O–H groups in total. The summed E-state index contributed by atoms with van der Waals surface area (Å²) in [5.74, 6) is 0. The molecule has 0 aromatic heterocycles. The molecule has 1 rings (SSSR count). The number of nitrogens with zero attached hydrogens (tertiary/aromatic N) is 1. The van der Waals surface area contributed by atoms with Crippen LogP contribution in [0.5, 0.6) is 0 Å². The van der Waals surface area contributed by atoms with Gasteiger partial charge < -0.3 is 10.6 Å². The molecular weight excluding hydrogens is 96.1 g/mol. The van der Waals surface area contributed by atoms with Gasteiger partial charge in [0.2, 0.25) is 0 Å². The average molecular weight is 102 g/mol. The van der Waals surface area contributed by atoms with Crippen LogP contribution in [0.4, 0.5) is 0 Å². The normalized spacial score (nSPS) is 17.7. The van der Waals surface area contributed by atoms with Crippen molar-refractivity contribution in [2.75, 3.05) is 13.1 Å². The summed E-state index contributed by atoms with van der Waals surface area (Å²) in [5, 5.41) is 0.537. The zero-order valence-electron chi connectivity index (χ0n) is 3.35. The van der Waals surface area contributed by atoms with E-state index in [0.717, 1.165) is 13.1 Å². The van der Waals surface area contributed by atoms with E-state index in [1.807, 2.05) is 4.90 Å². The lowest BCUT2D eigenvalue weighted by Crippen LogP contribution is -2.17. The van der Waals surface area contributed by atoms with Crippen LogP contribution in [-0.2, 0) is 0 Å². The molecule has 1 heterocycles. The molecule has 2 nitrogen and oxygen atoms in total. The van der Waals surface area contributed by atoms with Crippen molar-refractivity contribution in [3.8, 4) is 0 Å². The molecule has 0 spiro atoms. The molecule has 0 bridgehead atoms. The molecule has 3 heteroatoms. The molecule has 0 aromatic rings. The Labute approximate surface area is 41.9 Å². The molecule has 0 saturated carbocycles. The number of hydrogen-bond acceptors (Lipinski definition) is 1. The first-order valence-electron chi connectivity index (χ1n) is 1.85. The average Bonchev–Trinajstić information content (AvgIpc) is 2.06. The molecule has 0 atom stereocenters. The van der Waals surface area contributed by atoms with Crippen LogP contribution < -0.4 is 5.73 Å². The van der Waals surface area contributed by atoms with Crippen molar-refractivity contribution in [2.24, 2.45) is 5.73 Å². The minimum Gasteiger partial charge on any atom is -0.376 e. The van der Waals surface area contributed by atoms with Crippen molar-refractivity contribution in [1.29, 1.82) is 0 Å². The quantitative estimate of drug-likeness (QED) is 0.331. The zero-order valence-corrected chi connectivity index (χ0v) is 4.16. The lowest BCUT2D eigenvalue weighted by Gasteiger charge is -1.90. The molecule has 0 aliphatic carbocycles. The van der Waals surface area contributed by atoms with E-state index >= 15 is 0 Å². The minimum absolute atomic E-state index is 0.537. The Balaban J connectivity index is 2.31. The highest BCUT2D eigenvalue weighted by molar-refractivity contribution is 7.80. The van der Waals surface area contributed by atoms with Gasteiger partial charge in [-0.15, -0.1) is 0 Å². The third-order valence-electron chi connectivity index (χ3n) is 0.759. The van der Waals surface area contributed by atoms with Crippen molar-refractivity contribution < 1.29 is 0 Å². The van der Waals surface area contributed by atoms with E-state index in [9.17, 15) is 0 Å². The van der Waals surface area contributed by atoms with Crippen LogP contribution in [0.25, 0.3) is 0 Å². The van der Waals surface area contributed by atoms with Crippen LogP contribution in [0.2, 0.25) is 0 Å². The molecule has 1 aliphatic rings. The third-order valence-corrected chi connectivity index (χ3v) is 1.02. The zero-order chi connectivity index (χ0) is 4.57. The predicted molar refractivity (Wildman–Crippen MR) is 28.4 cm³/mol. The second-order valence-electron chi connectivity index (χ2n) is 1.33. The molecule has 0 aromatic carbocycles. The summed E-state index contributed by atoms with van der Waals surface area (Å²) in [4.78, 5) is 1.93. The smallest absolute Gasteiger partial charge is 0.166 e. The highest BCUT2D eigenvalue weighted by Crippen LogP contribution is 1.99. The maximum atomic E-state index is 5.16. The summed E-state index contributed by atoms with van der Waals surface area (Å²) >= 11 is 4.59. The maximum absolute atomic E-state index is 5.16. The summed E-state index contributed by atoms with van der Waals surface area (Å²) in [6.45, 7) is 2.13. The second kappa shape index (κ2) is 1.08. The fraction of sp³-hybridized carbons (Fsp3) is 0.667. The van der Waals surface area contributed by atoms with Crippen LogP contribution in [0.15, 0.2) is 0 Å². The van der Waals surface area contributed by atoms with Crippen molar-refractivity contribution in [3.05, 3.63) is 0 Å². The first-order chi connectivity index (χ1) is 2.80. The number of thiocarbonyl (C=S) groups is 1. The molecule has 34 valence electrons. The predicted octanol–water partition coefficient (Wildman–Crippen LogP) is -0.454. The fourth-order valence-electron chi connectivity index (χ4n) is 0.270. The largest absolute Gasteiger partial charge is 0.376 e. The topological polar surface area (TPSA) is 29.0 Å². The molecule has 1 saturated heterocycles. The van der Waals surface area contributed by atoms with Gasteiger partial charge in [-0.3, -0.25) is 0 Å². The molecular formula is C3H6N2S. The van der Waals surface area contributed by atoms with Gasteiger partial charge in [-0.25, -0.2) is 0 Å². The van der Waals surface area contributed by atoms with Gasteiger partial charge in [0.15, 0.2) is 5.11 Å². The van der Waals surface area contributed by atoms with Crippen LogP contribution in [-0.4, -0.2) is 23.1 Å². The molecule has 1 aliphatic heterocycles. The van der Waals surface area contributed by atoms with Crippen molar-refractivity contribution >= 4 is 17.3 Å². The summed E-state index contributed by atoms with van der Waals surface area (Å²) < 4.78 is 0. The van der Waals surface area contributed by atoms with E-state index in [0.29, 0.717) is 5.11 Å². The van der Waals surface area contributed by atoms with Crippen LogP contribution >= 0.6 is 12.2 Å². The first-order valence-corrected chi connectivity index (χ1v) is 2.26. The van der Waals surface area contributed by atoms with Crippen molar-refractivity contribution in [1.82, 2.24) is 4.90 Å². The lowest BCUT2D eigenvalue weighted by atomic mass is 11.0. The van der Waals surface area contributed by atoms with Gasteiger partial charge >= 0.3 is 0 Å². The monoisotopic (exact) mass is 102 g/mol. The summed E-state index contributed by atoms with van der Waals surface area (Å²) in [6.07, 6.45) is 0. The second-order valence-corrected chi connectivity index (χ2v) is 1.74. The molecule has 6 heavy (non-hydrogen) atoms. The first kappa shape index (κ1) is 3.87. The number of hydrogen-bond donors (Lipinski definition) is 1. The van der Waals surface area contributed by atoms with Gasteiger partial charge in [-0.2, -0.15) is 0 Å². The highest BCUT2D eigenvalue weighted by Gasteiger charge is 2.16.